The number of benzene rings is 3. The number of alkyl halides is 6. The number of piperazine rings is 1. The van der Waals surface area contributed by atoms with Gasteiger partial charge in [-0.15, -0.1) is 0 Å². The van der Waals surface area contributed by atoms with E-state index in [-0.39, 0.29) is 23.5 Å². The molecule has 0 aliphatic carbocycles. The van der Waals surface area contributed by atoms with Gasteiger partial charge in [-0.25, -0.2) is 9.48 Å². The van der Waals surface area contributed by atoms with E-state index in [4.69, 9.17) is 0 Å². The summed E-state index contributed by atoms with van der Waals surface area (Å²) in [5, 5.41) is 16.8. The summed E-state index contributed by atoms with van der Waals surface area (Å²) in [5.74, 6) is -1.12. The summed E-state index contributed by atoms with van der Waals surface area (Å²) in [4.78, 5) is 15.1. The standard InChI is InChI=1S/C30H27F6N5O2/c1-39-12-14-40(15-13-39)26-11-8-23(16-25(26)30(34,35)36)37-17-21-18-41(24-9-6-22(7-10-24)29(31,32)33)38-27(21)19-2-4-20(5-3-19)28(42)43/h2-11,16,18,37H,12-15,17H2,1H3,(H,42,43). The average Bonchev–Trinajstić information content (AvgIpc) is 3.40. The molecule has 2 heterocycles. The molecule has 1 aliphatic heterocycles. The molecular weight excluding hydrogens is 576 g/mol. The van der Waals surface area contributed by atoms with Gasteiger partial charge in [-0.05, 0) is 61.6 Å². The third kappa shape index (κ3) is 6.77. The third-order valence-corrected chi connectivity index (χ3v) is 7.28. The summed E-state index contributed by atoms with van der Waals surface area (Å²) >= 11 is 0. The van der Waals surface area contributed by atoms with Gasteiger partial charge in [0.2, 0.25) is 0 Å². The highest BCUT2D eigenvalue weighted by Gasteiger charge is 2.36. The molecule has 0 bridgehead atoms. The Kier molecular flexibility index (Phi) is 8.10. The van der Waals surface area contributed by atoms with E-state index in [0.717, 1.165) is 18.2 Å². The molecule has 1 aromatic heterocycles. The Bertz CT molecular complexity index is 1590. The van der Waals surface area contributed by atoms with E-state index in [1.54, 1.807) is 29.3 Å². The topological polar surface area (TPSA) is 73.6 Å². The maximum absolute atomic E-state index is 14.1. The van der Waals surface area contributed by atoms with Gasteiger partial charge in [0, 0.05) is 61.4 Å². The summed E-state index contributed by atoms with van der Waals surface area (Å²) < 4.78 is 82.9. The second kappa shape index (κ2) is 11.6. The fourth-order valence-electron chi connectivity index (χ4n) is 4.88. The number of aromatic nitrogens is 2. The summed E-state index contributed by atoms with van der Waals surface area (Å²) in [6.07, 6.45) is -7.52. The van der Waals surface area contributed by atoms with Crippen LogP contribution in [0.4, 0.5) is 37.7 Å². The minimum absolute atomic E-state index is 0.0296. The second-order valence-electron chi connectivity index (χ2n) is 10.2. The Morgan fingerprint density at radius 2 is 1.53 bits per heavy atom. The Morgan fingerprint density at radius 1 is 0.884 bits per heavy atom. The fourth-order valence-corrected chi connectivity index (χ4v) is 4.88. The molecule has 43 heavy (non-hydrogen) atoms. The molecular formula is C30H27F6N5O2. The van der Waals surface area contributed by atoms with E-state index in [1.165, 1.54) is 35.0 Å². The van der Waals surface area contributed by atoms with Gasteiger partial charge in [0.15, 0.2) is 0 Å². The Labute approximate surface area is 243 Å². The largest absolute Gasteiger partial charge is 0.478 e. The minimum atomic E-state index is -4.58. The Hall–Kier alpha value is -4.52. The molecule has 7 nitrogen and oxygen atoms in total. The molecule has 0 radical (unpaired) electrons. The van der Waals surface area contributed by atoms with Crippen molar-refractivity contribution < 1.29 is 36.2 Å². The van der Waals surface area contributed by atoms with E-state index >= 15 is 0 Å². The predicted molar refractivity (Wildman–Crippen MR) is 149 cm³/mol. The highest BCUT2D eigenvalue weighted by molar-refractivity contribution is 5.88. The predicted octanol–water partition coefficient (Wildman–Crippen LogP) is 6.64. The second-order valence-corrected chi connectivity index (χ2v) is 10.2. The van der Waals surface area contributed by atoms with Gasteiger partial charge in [-0.1, -0.05) is 12.1 Å². The highest BCUT2D eigenvalue weighted by Crippen LogP contribution is 2.39. The molecule has 5 rings (SSSR count). The Morgan fingerprint density at radius 3 is 2.12 bits per heavy atom. The maximum atomic E-state index is 14.1. The minimum Gasteiger partial charge on any atom is -0.478 e. The quantitative estimate of drug-likeness (QED) is 0.231. The number of likely N-dealkylation sites (N-methyl/N-ethyl adjacent to an activating group) is 1. The first-order valence-corrected chi connectivity index (χ1v) is 13.3. The van der Waals surface area contributed by atoms with Crippen LogP contribution in [0.1, 0.15) is 27.0 Å². The molecule has 2 N–H and O–H groups in total. The van der Waals surface area contributed by atoms with Gasteiger partial charge in [0.1, 0.15) is 0 Å². The summed E-state index contributed by atoms with van der Waals surface area (Å²) in [7, 11) is 1.92. The number of nitrogens with one attached hydrogen (secondary N) is 1. The first-order chi connectivity index (χ1) is 20.3. The zero-order valence-corrected chi connectivity index (χ0v) is 22.9. The Balaban J connectivity index is 1.46. The molecule has 0 saturated carbocycles. The molecule has 4 aromatic rings. The van der Waals surface area contributed by atoms with E-state index < -0.39 is 29.4 Å². The number of rotatable bonds is 7. The van der Waals surface area contributed by atoms with Crippen LogP contribution < -0.4 is 10.2 Å². The average molecular weight is 604 g/mol. The van der Waals surface area contributed by atoms with Gasteiger partial charge in [0.05, 0.1) is 28.1 Å². The van der Waals surface area contributed by atoms with Gasteiger partial charge >= 0.3 is 18.3 Å². The molecule has 3 aromatic carbocycles. The molecule has 1 aliphatic rings. The number of hydrogen-bond acceptors (Lipinski definition) is 5. The van der Waals surface area contributed by atoms with Crippen LogP contribution in [0.5, 0.6) is 0 Å². The lowest BCUT2D eigenvalue weighted by atomic mass is 10.1. The normalized spacial score (nSPS) is 14.6. The monoisotopic (exact) mass is 603 g/mol. The van der Waals surface area contributed by atoms with Crippen molar-refractivity contribution in [2.24, 2.45) is 0 Å². The van der Waals surface area contributed by atoms with Crippen LogP contribution in [0.3, 0.4) is 0 Å². The van der Waals surface area contributed by atoms with Gasteiger partial charge in [-0.3, -0.25) is 0 Å². The summed E-state index contributed by atoms with van der Waals surface area (Å²) in [5.41, 5.74) is 0.564. The van der Waals surface area contributed by atoms with E-state index in [2.05, 4.69) is 15.3 Å². The van der Waals surface area contributed by atoms with Crippen LogP contribution in [0, 0.1) is 0 Å². The molecule has 0 atom stereocenters. The summed E-state index contributed by atoms with van der Waals surface area (Å²) in [6, 6.07) is 14.3. The van der Waals surface area contributed by atoms with Gasteiger partial charge in [-0.2, -0.15) is 31.4 Å². The van der Waals surface area contributed by atoms with Crippen molar-refractivity contribution in [2.45, 2.75) is 18.9 Å². The van der Waals surface area contributed by atoms with Crippen LogP contribution in [0.2, 0.25) is 0 Å². The number of carboxylic acid groups (broad SMARTS) is 1. The zero-order chi connectivity index (χ0) is 30.9. The van der Waals surface area contributed by atoms with Crippen LogP contribution in [0.15, 0.2) is 72.9 Å². The highest BCUT2D eigenvalue weighted by atomic mass is 19.4. The van der Waals surface area contributed by atoms with E-state index in [1.807, 2.05) is 7.05 Å². The van der Waals surface area contributed by atoms with Crippen LogP contribution in [-0.2, 0) is 18.9 Å². The third-order valence-electron chi connectivity index (χ3n) is 7.28. The first-order valence-electron chi connectivity index (χ1n) is 13.3. The van der Waals surface area contributed by atoms with E-state index in [0.29, 0.717) is 48.7 Å². The maximum Gasteiger partial charge on any atom is 0.418 e. The lowest BCUT2D eigenvalue weighted by Gasteiger charge is -2.35. The smallest absolute Gasteiger partial charge is 0.418 e. The molecule has 1 saturated heterocycles. The first kappa shape index (κ1) is 30.0. The van der Waals surface area contributed by atoms with Crippen molar-refractivity contribution in [3.63, 3.8) is 0 Å². The van der Waals surface area contributed by atoms with Crippen molar-refractivity contribution in [1.29, 1.82) is 0 Å². The summed E-state index contributed by atoms with van der Waals surface area (Å²) in [6.45, 7) is 2.27. The van der Waals surface area contributed by atoms with Crippen LogP contribution in [0.25, 0.3) is 16.9 Å². The molecule has 0 spiro atoms. The van der Waals surface area contributed by atoms with Crippen molar-refractivity contribution >= 4 is 17.3 Å². The number of hydrogen-bond donors (Lipinski definition) is 2. The van der Waals surface area contributed by atoms with Gasteiger partial charge < -0.3 is 20.2 Å². The number of anilines is 2. The number of aromatic carboxylic acids is 1. The van der Waals surface area contributed by atoms with Gasteiger partial charge in [0.25, 0.3) is 0 Å². The molecule has 13 heteroatoms. The lowest BCUT2D eigenvalue weighted by Crippen LogP contribution is -2.45. The number of carbonyl (C=O) groups is 1. The number of carboxylic acids is 1. The van der Waals surface area contributed by atoms with E-state index in [9.17, 15) is 36.2 Å². The SMILES string of the molecule is CN1CCN(c2ccc(NCc3cn(-c4ccc(C(F)(F)F)cc4)nc3-c3ccc(C(=O)O)cc3)cc2C(F)(F)F)CC1. The zero-order valence-electron chi connectivity index (χ0n) is 22.9. The molecule has 0 unspecified atom stereocenters. The number of nitrogens with zero attached hydrogens (tertiary/aromatic N) is 4. The van der Waals surface area contributed by atoms with Crippen LogP contribution >= 0.6 is 0 Å². The fraction of sp³-hybridized carbons (Fsp3) is 0.267. The van der Waals surface area contributed by atoms with Crippen LogP contribution in [-0.4, -0.2) is 59.0 Å². The van der Waals surface area contributed by atoms with Crippen molar-refractivity contribution in [3.05, 3.63) is 95.2 Å². The molecule has 0 amide bonds. The van der Waals surface area contributed by atoms with Crippen molar-refractivity contribution in [3.8, 4) is 16.9 Å². The van der Waals surface area contributed by atoms with Crippen molar-refractivity contribution in [2.75, 3.05) is 43.4 Å². The lowest BCUT2D eigenvalue weighted by molar-refractivity contribution is -0.138. The molecule has 226 valence electrons. The number of halogens is 6. The van der Waals surface area contributed by atoms with Crippen molar-refractivity contribution in [1.82, 2.24) is 14.7 Å². The molecule has 1 fully saturated rings.